The molecule has 0 spiro atoms. The fraction of sp³-hybridized carbons (Fsp3) is 0.868. The predicted molar refractivity (Wildman–Crippen MR) is 361 cm³/mol. The lowest BCUT2D eigenvalue weighted by atomic mass is 10.0. The lowest BCUT2D eigenvalue weighted by Gasteiger charge is -2.20. The maximum Gasteiger partial charge on any atom is 0.305 e. The number of allylic oxidation sites excluding steroid dienone is 7. The smallest absolute Gasteiger partial charge is 0.305 e. The van der Waals surface area contributed by atoms with Gasteiger partial charge < -0.3 is 20.3 Å². The molecule has 0 aliphatic carbocycles. The highest BCUT2D eigenvalue weighted by Crippen LogP contribution is 2.18. The van der Waals surface area contributed by atoms with Gasteiger partial charge in [0.1, 0.15) is 0 Å². The van der Waals surface area contributed by atoms with Crippen LogP contribution in [0.25, 0.3) is 0 Å². The van der Waals surface area contributed by atoms with Gasteiger partial charge in [0.25, 0.3) is 0 Å². The van der Waals surface area contributed by atoms with Crippen LogP contribution in [0.5, 0.6) is 0 Å². The lowest BCUT2D eigenvalue weighted by molar-refractivity contribution is -0.143. The number of hydrogen-bond acceptors (Lipinski definition) is 5. The van der Waals surface area contributed by atoms with E-state index in [-0.39, 0.29) is 18.5 Å². The Labute approximate surface area is 512 Å². The summed E-state index contributed by atoms with van der Waals surface area (Å²) in [7, 11) is 0. The third-order valence-corrected chi connectivity index (χ3v) is 17.1. The Morgan fingerprint density at radius 2 is 0.610 bits per heavy atom. The van der Waals surface area contributed by atoms with Gasteiger partial charge in [0.05, 0.1) is 25.4 Å². The number of carbonyl (C=O) groups is 2. The first-order valence-electron chi connectivity index (χ1n) is 36.9. The van der Waals surface area contributed by atoms with Gasteiger partial charge in [-0.1, -0.05) is 345 Å². The monoisotopic (exact) mass is 1150 g/mol. The molecule has 2 unspecified atom stereocenters. The highest BCUT2D eigenvalue weighted by molar-refractivity contribution is 5.76. The zero-order chi connectivity index (χ0) is 59.2. The summed E-state index contributed by atoms with van der Waals surface area (Å²) in [6.07, 6.45) is 93.8. The molecule has 0 heterocycles. The van der Waals surface area contributed by atoms with Crippen LogP contribution >= 0.6 is 0 Å². The van der Waals surface area contributed by atoms with Crippen molar-refractivity contribution in [2.75, 3.05) is 13.2 Å². The Bertz CT molecular complexity index is 1370. The van der Waals surface area contributed by atoms with Crippen LogP contribution in [0.15, 0.2) is 48.6 Å². The standard InChI is InChI=1S/C76H143NO5/c1-3-5-7-9-11-13-14-15-16-17-37-41-44-47-50-54-58-62-66-70-76(81)82-71-67-63-59-55-51-48-45-42-39-36-34-32-30-28-26-24-22-20-18-19-21-23-25-27-29-31-33-35-38-40-43-46-49-53-57-61-65-69-75(80)77-73(72-78)74(79)68-64-60-56-52-12-10-8-6-4-2/h15-16,18,20,24,26,64,68,73-74,78-79H,3-14,17,19,21-23,25,27-63,65-67,69-72H2,1-2H3,(H,77,80)/b16-15-,20-18-,26-24-,68-64+. The number of aliphatic hydroxyl groups is 2. The Balaban J connectivity index is 3.33. The van der Waals surface area contributed by atoms with Gasteiger partial charge in [-0.15, -0.1) is 0 Å². The van der Waals surface area contributed by atoms with Crippen LogP contribution in [0.3, 0.4) is 0 Å². The van der Waals surface area contributed by atoms with Gasteiger partial charge >= 0.3 is 5.97 Å². The average molecular weight is 1150 g/mol. The molecule has 1 amide bonds. The maximum absolute atomic E-state index is 12.4. The minimum Gasteiger partial charge on any atom is -0.466 e. The number of amides is 1. The summed E-state index contributed by atoms with van der Waals surface area (Å²) < 4.78 is 5.51. The highest BCUT2D eigenvalue weighted by atomic mass is 16.5. The summed E-state index contributed by atoms with van der Waals surface area (Å²) >= 11 is 0. The predicted octanol–water partition coefficient (Wildman–Crippen LogP) is 24.0. The number of aliphatic hydroxyl groups excluding tert-OH is 2. The third-order valence-electron chi connectivity index (χ3n) is 17.1. The van der Waals surface area contributed by atoms with Crippen LogP contribution in [0.2, 0.25) is 0 Å². The first-order valence-corrected chi connectivity index (χ1v) is 36.9. The number of ether oxygens (including phenoxy) is 1. The number of carbonyl (C=O) groups excluding carboxylic acids is 2. The molecule has 0 fully saturated rings. The molecule has 0 aliphatic heterocycles. The van der Waals surface area contributed by atoms with E-state index >= 15 is 0 Å². The van der Waals surface area contributed by atoms with Gasteiger partial charge in [0.2, 0.25) is 5.91 Å². The van der Waals surface area contributed by atoms with E-state index in [9.17, 15) is 19.8 Å². The first kappa shape index (κ1) is 79.8. The molecular formula is C76H143NO5. The first-order chi connectivity index (χ1) is 40.5. The van der Waals surface area contributed by atoms with Gasteiger partial charge in [-0.3, -0.25) is 9.59 Å². The molecule has 0 rings (SSSR count). The molecule has 0 radical (unpaired) electrons. The summed E-state index contributed by atoms with van der Waals surface area (Å²) in [4.78, 5) is 24.5. The minimum atomic E-state index is -0.840. The van der Waals surface area contributed by atoms with E-state index in [1.54, 1.807) is 6.08 Å². The van der Waals surface area contributed by atoms with Crippen molar-refractivity contribution >= 4 is 11.9 Å². The molecule has 0 aromatic rings. The van der Waals surface area contributed by atoms with Crippen molar-refractivity contribution in [3.8, 4) is 0 Å². The fourth-order valence-electron chi connectivity index (χ4n) is 11.4. The minimum absolute atomic E-state index is 0.0183. The molecule has 82 heavy (non-hydrogen) atoms. The van der Waals surface area contributed by atoms with E-state index in [0.29, 0.717) is 19.4 Å². The fourth-order valence-corrected chi connectivity index (χ4v) is 11.4. The zero-order valence-electron chi connectivity index (χ0n) is 55.2. The molecule has 0 aliphatic rings. The van der Waals surface area contributed by atoms with Crippen molar-refractivity contribution in [3.05, 3.63) is 48.6 Å². The van der Waals surface area contributed by atoms with Crippen molar-refractivity contribution in [2.45, 2.75) is 411 Å². The Morgan fingerprint density at radius 3 is 0.939 bits per heavy atom. The van der Waals surface area contributed by atoms with Crippen molar-refractivity contribution in [2.24, 2.45) is 0 Å². The topological polar surface area (TPSA) is 95.9 Å². The highest BCUT2D eigenvalue weighted by Gasteiger charge is 2.18. The molecule has 2 atom stereocenters. The van der Waals surface area contributed by atoms with Crippen molar-refractivity contribution in [1.29, 1.82) is 0 Å². The van der Waals surface area contributed by atoms with Crippen LogP contribution in [-0.2, 0) is 14.3 Å². The summed E-state index contributed by atoms with van der Waals surface area (Å²) in [6, 6.07) is -0.624. The van der Waals surface area contributed by atoms with Gasteiger partial charge in [0, 0.05) is 12.8 Å². The number of hydrogen-bond donors (Lipinski definition) is 3. The second-order valence-corrected chi connectivity index (χ2v) is 25.3. The van der Waals surface area contributed by atoms with Gasteiger partial charge in [-0.2, -0.15) is 0 Å². The Morgan fingerprint density at radius 1 is 0.341 bits per heavy atom. The number of rotatable bonds is 69. The number of unbranched alkanes of at least 4 members (excludes halogenated alkanes) is 52. The largest absolute Gasteiger partial charge is 0.466 e. The average Bonchev–Trinajstić information content (AvgIpc) is 3.48. The van der Waals surface area contributed by atoms with Gasteiger partial charge in [-0.05, 0) is 89.9 Å². The Kier molecular flexibility index (Phi) is 69.4. The summed E-state index contributed by atoms with van der Waals surface area (Å²) in [6.45, 7) is 4.90. The summed E-state index contributed by atoms with van der Waals surface area (Å²) in [5, 5.41) is 23.0. The van der Waals surface area contributed by atoms with E-state index in [1.807, 2.05) is 6.08 Å². The third kappa shape index (κ3) is 67.0. The normalized spacial score (nSPS) is 12.8. The van der Waals surface area contributed by atoms with Crippen LogP contribution in [0, 0.1) is 0 Å². The lowest BCUT2D eigenvalue weighted by Crippen LogP contribution is -2.45. The second-order valence-electron chi connectivity index (χ2n) is 25.3. The molecule has 0 saturated heterocycles. The van der Waals surface area contributed by atoms with E-state index in [2.05, 4.69) is 55.6 Å². The molecule has 0 aromatic heterocycles. The SMILES string of the molecule is CCCCCCCC/C=C\CCCCCCCCCCCC(=O)OCCCCCCCCCCCCCCC/C=C\C/C=C\CCCCCCCCCCCCCCCCCCCC(=O)NC(CO)C(O)/C=C/CCCCCCCCC. The zero-order valence-corrected chi connectivity index (χ0v) is 55.2. The van der Waals surface area contributed by atoms with Crippen molar-refractivity contribution in [1.82, 2.24) is 5.32 Å². The molecule has 482 valence electrons. The van der Waals surface area contributed by atoms with E-state index in [4.69, 9.17) is 4.74 Å². The number of nitrogens with one attached hydrogen (secondary N) is 1. The molecule has 6 nitrogen and oxygen atoms in total. The maximum atomic E-state index is 12.4. The molecule has 0 aromatic carbocycles. The van der Waals surface area contributed by atoms with Gasteiger partial charge in [0.15, 0.2) is 0 Å². The molecule has 0 bridgehead atoms. The summed E-state index contributed by atoms with van der Waals surface area (Å²) in [5.41, 5.74) is 0. The number of esters is 1. The van der Waals surface area contributed by atoms with E-state index in [0.717, 1.165) is 44.9 Å². The Hall–Kier alpha value is -2.18. The molecule has 3 N–H and O–H groups in total. The van der Waals surface area contributed by atoms with E-state index < -0.39 is 12.1 Å². The van der Waals surface area contributed by atoms with E-state index in [1.165, 1.54) is 327 Å². The van der Waals surface area contributed by atoms with Crippen LogP contribution in [0.4, 0.5) is 0 Å². The second kappa shape index (κ2) is 71.3. The van der Waals surface area contributed by atoms with Crippen molar-refractivity contribution in [3.63, 3.8) is 0 Å². The van der Waals surface area contributed by atoms with Crippen LogP contribution < -0.4 is 5.32 Å². The van der Waals surface area contributed by atoms with Crippen LogP contribution in [0.1, 0.15) is 399 Å². The van der Waals surface area contributed by atoms with Crippen LogP contribution in [-0.4, -0.2) is 47.4 Å². The molecular weight excluding hydrogens is 1010 g/mol. The summed E-state index contributed by atoms with van der Waals surface area (Å²) in [5.74, 6) is -0.0486. The molecule has 0 saturated carbocycles. The van der Waals surface area contributed by atoms with Gasteiger partial charge in [-0.25, -0.2) is 0 Å². The quantitative estimate of drug-likeness (QED) is 0.0320. The van der Waals surface area contributed by atoms with Crippen molar-refractivity contribution < 1.29 is 24.5 Å². The molecule has 6 heteroatoms.